The SMILES string of the molecule is CCOc1ccc(S(=O)(=O)Nc2cc(S(=O)(=O)NC)ccc2C)cc1C. The smallest absolute Gasteiger partial charge is 0.261 e. The lowest BCUT2D eigenvalue weighted by atomic mass is 10.2. The molecule has 7 nitrogen and oxygen atoms in total. The highest BCUT2D eigenvalue weighted by Gasteiger charge is 2.19. The Bertz CT molecular complexity index is 1020. The normalized spacial score (nSPS) is 12.0. The molecule has 0 saturated heterocycles. The molecule has 0 heterocycles. The molecule has 0 bridgehead atoms. The molecule has 26 heavy (non-hydrogen) atoms. The van der Waals surface area contributed by atoms with Gasteiger partial charge in [-0.05, 0) is 69.3 Å². The molecule has 2 N–H and O–H groups in total. The Hall–Kier alpha value is -2.10. The van der Waals surface area contributed by atoms with Crippen molar-refractivity contribution in [2.24, 2.45) is 0 Å². The fraction of sp³-hybridized carbons (Fsp3) is 0.294. The molecule has 2 rings (SSSR count). The lowest BCUT2D eigenvalue weighted by Crippen LogP contribution is -2.19. The minimum Gasteiger partial charge on any atom is -0.494 e. The zero-order chi connectivity index (χ0) is 19.5. The standard InChI is InChI=1S/C17H22N2O5S2/c1-5-24-17-9-8-14(10-13(17)3)26(22,23)19-16-11-15(7-6-12(16)2)25(20,21)18-4/h6-11,18-19H,5H2,1-4H3. The van der Waals surface area contributed by atoms with Crippen LogP contribution in [-0.2, 0) is 20.0 Å². The Labute approximate surface area is 154 Å². The van der Waals surface area contributed by atoms with Crippen LogP contribution in [0.2, 0.25) is 0 Å². The molecule has 2 aromatic rings. The molecule has 0 aliphatic heterocycles. The van der Waals surface area contributed by atoms with E-state index in [0.717, 1.165) is 0 Å². The highest BCUT2D eigenvalue weighted by atomic mass is 32.2. The van der Waals surface area contributed by atoms with Crippen molar-refractivity contribution in [1.82, 2.24) is 4.72 Å². The minimum absolute atomic E-state index is 0.0221. The zero-order valence-corrected chi connectivity index (χ0v) is 16.7. The third-order valence-corrected chi connectivity index (χ3v) is 6.56. The summed E-state index contributed by atoms with van der Waals surface area (Å²) < 4.78 is 59.3. The fourth-order valence-corrected chi connectivity index (χ4v) is 4.27. The summed E-state index contributed by atoms with van der Waals surface area (Å²) in [4.78, 5) is 0.0471. The van der Waals surface area contributed by atoms with E-state index in [4.69, 9.17) is 4.74 Å². The number of hydrogen-bond acceptors (Lipinski definition) is 5. The van der Waals surface area contributed by atoms with E-state index in [1.165, 1.54) is 31.3 Å². The molecule has 0 aliphatic carbocycles. The van der Waals surface area contributed by atoms with Gasteiger partial charge in [0.15, 0.2) is 0 Å². The largest absolute Gasteiger partial charge is 0.494 e. The van der Waals surface area contributed by atoms with Gasteiger partial charge in [-0.1, -0.05) is 6.07 Å². The number of benzene rings is 2. The summed E-state index contributed by atoms with van der Waals surface area (Å²) in [7, 11) is -6.26. The first-order valence-corrected chi connectivity index (χ1v) is 10.9. The van der Waals surface area contributed by atoms with Crippen molar-refractivity contribution in [3.63, 3.8) is 0 Å². The van der Waals surface area contributed by atoms with E-state index in [1.54, 1.807) is 26.0 Å². The van der Waals surface area contributed by atoms with Gasteiger partial charge in [-0.3, -0.25) is 4.72 Å². The number of sulfonamides is 2. The molecule has 0 unspecified atom stereocenters. The molecule has 2 aromatic carbocycles. The molecule has 0 aliphatic rings. The van der Waals surface area contributed by atoms with Gasteiger partial charge in [0.1, 0.15) is 5.75 Å². The van der Waals surface area contributed by atoms with Gasteiger partial charge in [0.05, 0.1) is 22.1 Å². The number of rotatable bonds is 7. The maximum atomic E-state index is 12.7. The van der Waals surface area contributed by atoms with Crippen LogP contribution in [0.5, 0.6) is 5.75 Å². The first-order chi connectivity index (χ1) is 12.1. The molecule has 0 spiro atoms. The predicted octanol–water partition coefficient (Wildman–Crippen LogP) is 2.41. The van der Waals surface area contributed by atoms with Crippen molar-refractivity contribution in [3.8, 4) is 5.75 Å². The first-order valence-electron chi connectivity index (χ1n) is 7.91. The second-order valence-electron chi connectivity index (χ2n) is 5.65. The Balaban J connectivity index is 2.41. The van der Waals surface area contributed by atoms with Crippen molar-refractivity contribution in [3.05, 3.63) is 47.5 Å². The zero-order valence-electron chi connectivity index (χ0n) is 15.0. The fourth-order valence-electron chi connectivity index (χ4n) is 2.31. The number of anilines is 1. The average molecular weight is 399 g/mol. The molecule has 142 valence electrons. The molecular weight excluding hydrogens is 376 g/mol. The Morgan fingerprint density at radius 2 is 1.50 bits per heavy atom. The van der Waals surface area contributed by atoms with Gasteiger partial charge in [0, 0.05) is 0 Å². The molecule has 9 heteroatoms. The van der Waals surface area contributed by atoms with Crippen molar-refractivity contribution in [2.75, 3.05) is 18.4 Å². The van der Waals surface area contributed by atoms with Crippen molar-refractivity contribution in [1.29, 1.82) is 0 Å². The van der Waals surface area contributed by atoms with Crippen LogP contribution in [0.25, 0.3) is 0 Å². The summed E-state index contributed by atoms with van der Waals surface area (Å²) in [6.45, 7) is 5.78. The number of hydrogen-bond donors (Lipinski definition) is 2. The maximum Gasteiger partial charge on any atom is 0.261 e. The first kappa shape index (κ1) is 20.2. The van der Waals surface area contributed by atoms with Crippen molar-refractivity contribution in [2.45, 2.75) is 30.6 Å². The lowest BCUT2D eigenvalue weighted by molar-refractivity contribution is 0.337. The monoisotopic (exact) mass is 398 g/mol. The third kappa shape index (κ3) is 4.35. The van der Waals surface area contributed by atoms with Crippen LogP contribution in [0, 0.1) is 13.8 Å². The second kappa shape index (κ2) is 7.65. The van der Waals surface area contributed by atoms with Crippen molar-refractivity contribution < 1.29 is 21.6 Å². The van der Waals surface area contributed by atoms with E-state index in [1.807, 2.05) is 6.92 Å². The van der Waals surface area contributed by atoms with Gasteiger partial charge in [-0.25, -0.2) is 21.6 Å². The number of nitrogens with one attached hydrogen (secondary N) is 2. The van der Waals surface area contributed by atoms with E-state index in [2.05, 4.69) is 9.44 Å². The predicted molar refractivity (Wildman–Crippen MR) is 101 cm³/mol. The molecular formula is C17H22N2O5S2. The minimum atomic E-state index is -3.88. The Morgan fingerprint density at radius 1 is 0.885 bits per heavy atom. The number of aryl methyl sites for hydroxylation is 2. The summed E-state index contributed by atoms with van der Waals surface area (Å²) in [6, 6.07) is 8.81. The molecule has 0 radical (unpaired) electrons. The average Bonchev–Trinajstić information content (AvgIpc) is 2.58. The van der Waals surface area contributed by atoms with E-state index in [-0.39, 0.29) is 15.5 Å². The maximum absolute atomic E-state index is 12.7. The van der Waals surface area contributed by atoms with Gasteiger partial charge in [0.25, 0.3) is 10.0 Å². The van der Waals surface area contributed by atoms with Crippen molar-refractivity contribution >= 4 is 25.7 Å². The van der Waals surface area contributed by atoms with Gasteiger partial charge in [-0.2, -0.15) is 0 Å². The topological polar surface area (TPSA) is 102 Å². The van der Waals surface area contributed by atoms with Crippen LogP contribution >= 0.6 is 0 Å². The van der Waals surface area contributed by atoms with Gasteiger partial charge in [0.2, 0.25) is 10.0 Å². The number of ether oxygens (including phenoxy) is 1. The van der Waals surface area contributed by atoms with Crippen LogP contribution in [0.4, 0.5) is 5.69 Å². The van der Waals surface area contributed by atoms with Gasteiger partial charge in [-0.15, -0.1) is 0 Å². The summed E-state index contributed by atoms with van der Waals surface area (Å²) in [5, 5.41) is 0. The highest BCUT2D eigenvalue weighted by Crippen LogP contribution is 2.26. The van der Waals surface area contributed by atoms with Gasteiger partial charge < -0.3 is 4.74 Å². The summed E-state index contributed by atoms with van der Waals surface area (Å²) in [6.07, 6.45) is 0. The Kier molecular flexibility index (Phi) is 5.94. The second-order valence-corrected chi connectivity index (χ2v) is 9.22. The van der Waals surface area contributed by atoms with E-state index < -0.39 is 20.0 Å². The molecule has 0 saturated carbocycles. The van der Waals surface area contributed by atoms with E-state index >= 15 is 0 Å². The van der Waals surface area contributed by atoms with Crippen LogP contribution in [0.15, 0.2) is 46.2 Å². The lowest BCUT2D eigenvalue weighted by Gasteiger charge is -2.14. The summed E-state index contributed by atoms with van der Waals surface area (Å²) in [5.41, 5.74) is 1.50. The van der Waals surface area contributed by atoms with Crippen LogP contribution in [0.3, 0.4) is 0 Å². The molecule has 0 atom stereocenters. The highest BCUT2D eigenvalue weighted by molar-refractivity contribution is 7.92. The molecule has 0 fully saturated rings. The quantitative estimate of drug-likeness (QED) is 0.746. The Morgan fingerprint density at radius 3 is 2.08 bits per heavy atom. The van der Waals surface area contributed by atoms with Gasteiger partial charge >= 0.3 is 0 Å². The molecule has 0 amide bonds. The summed E-state index contributed by atoms with van der Waals surface area (Å²) in [5.74, 6) is 0.616. The molecule has 0 aromatic heterocycles. The van der Waals surface area contributed by atoms with E-state index in [0.29, 0.717) is 23.5 Å². The van der Waals surface area contributed by atoms with Crippen LogP contribution in [0.1, 0.15) is 18.1 Å². The van der Waals surface area contributed by atoms with Crippen LogP contribution in [-0.4, -0.2) is 30.5 Å². The third-order valence-electron chi connectivity index (χ3n) is 3.79. The summed E-state index contributed by atoms with van der Waals surface area (Å²) >= 11 is 0. The van der Waals surface area contributed by atoms with E-state index in [9.17, 15) is 16.8 Å². The van der Waals surface area contributed by atoms with Crippen LogP contribution < -0.4 is 14.2 Å².